The van der Waals surface area contributed by atoms with Crippen LogP contribution in [0.3, 0.4) is 0 Å². The Morgan fingerprint density at radius 2 is 1.79 bits per heavy atom. The molecule has 1 heterocycles. The zero-order valence-electron chi connectivity index (χ0n) is 19.3. The van der Waals surface area contributed by atoms with Gasteiger partial charge in [0, 0.05) is 22.7 Å². The summed E-state index contributed by atoms with van der Waals surface area (Å²) in [5, 5.41) is 15.9. The maximum Gasteiger partial charge on any atom is 0.271 e. The highest BCUT2D eigenvalue weighted by atomic mass is 35.5. The SMILES string of the molecule is O=C(CN(c1cccc([N+](=O)[O-])c1)S(=O)(=O)c1ccccc1)N/N=C\c1ccc(-c2ccc(Cl)cc2Cl)o1. The minimum Gasteiger partial charge on any atom is -0.455 e. The van der Waals surface area contributed by atoms with Crippen molar-refractivity contribution in [1.82, 2.24) is 5.43 Å². The van der Waals surface area contributed by atoms with Crippen LogP contribution in [0, 0.1) is 10.1 Å². The predicted octanol–water partition coefficient (Wildman–Crippen LogP) is 5.51. The van der Waals surface area contributed by atoms with Crippen LogP contribution in [0.25, 0.3) is 11.3 Å². The van der Waals surface area contributed by atoms with Crippen LogP contribution >= 0.6 is 23.2 Å². The van der Waals surface area contributed by atoms with Crippen LogP contribution in [0.1, 0.15) is 5.76 Å². The van der Waals surface area contributed by atoms with E-state index in [2.05, 4.69) is 10.5 Å². The van der Waals surface area contributed by atoms with Crippen LogP contribution in [0.4, 0.5) is 11.4 Å². The van der Waals surface area contributed by atoms with E-state index in [9.17, 15) is 23.3 Å². The number of non-ortho nitro benzene ring substituents is 1. The number of sulfonamides is 1. The van der Waals surface area contributed by atoms with Crippen molar-refractivity contribution in [2.45, 2.75) is 4.90 Å². The molecule has 0 bridgehead atoms. The summed E-state index contributed by atoms with van der Waals surface area (Å²) in [6, 6.07) is 20.6. The highest BCUT2D eigenvalue weighted by Gasteiger charge is 2.28. The summed E-state index contributed by atoms with van der Waals surface area (Å²) in [5.74, 6) is -0.0520. The Labute approximate surface area is 227 Å². The lowest BCUT2D eigenvalue weighted by atomic mass is 10.2. The molecule has 0 atom stereocenters. The summed E-state index contributed by atoms with van der Waals surface area (Å²) in [6.07, 6.45) is 1.23. The van der Waals surface area contributed by atoms with Gasteiger partial charge < -0.3 is 4.42 Å². The van der Waals surface area contributed by atoms with Gasteiger partial charge in [-0.25, -0.2) is 13.8 Å². The van der Waals surface area contributed by atoms with Gasteiger partial charge >= 0.3 is 0 Å². The molecule has 4 rings (SSSR count). The van der Waals surface area contributed by atoms with Gasteiger partial charge in [-0.3, -0.25) is 19.2 Å². The lowest BCUT2D eigenvalue weighted by Gasteiger charge is -2.23. The van der Waals surface area contributed by atoms with Gasteiger partial charge in [0.05, 0.1) is 26.7 Å². The van der Waals surface area contributed by atoms with E-state index in [0.29, 0.717) is 27.1 Å². The molecule has 0 radical (unpaired) electrons. The molecule has 0 aliphatic carbocycles. The number of furan rings is 1. The van der Waals surface area contributed by atoms with E-state index >= 15 is 0 Å². The molecule has 1 aromatic heterocycles. The number of nitro groups is 1. The van der Waals surface area contributed by atoms with Crippen LogP contribution in [0.2, 0.25) is 10.0 Å². The molecule has 0 saturated carbocycles. The molecule has 0 unspecified atom stereocenters. The minimum absolute atomic E-state index is 0.0577. The van der Waals surface area contributed by atoms with Crippen molar-refractivity contribution in [2.75, 3.05) is 10.8 Å². The van der Waals surface area contributed by atoms with E-state index in [1.54, 1.807) is 36.4 Å². The first kappa shape index (κ1) is 26.9. The molecule has 194 valence electrons. The molecule has 4 aromatic rings. The van der Waals surface area contributed by atoms with Crippen molar-refractivity contribution in [2.24, 2.45) is 5.10 Å². The fourth-order valence-electron chi connectivity index (χ4n) is 3.39. The molecule has 0 aliphatic heterocycles. The molecule has 1 amide bonds. The molecular formula is C25H18Cl2N4O6S. The van der Waals surface area contributed by atoms with Gasteiger partial charge in [-0.15, -0.1) is 0 Å². The van der Waals surface area contributed by atoms with E-state index in [1.807, 2.05) is 0 Å². The number of benzene rings is 3. The smallest absolute Gasteiger partial charge is 0.271 e. The standard InChI is InChI=1S/C25H18Cl2N4O6S/c26-17-9-11-22(23(27)13-17)24-12-10-20(37-24)15-28-29-25(32)16-30(18-5-4-6-19(14-18)31(33)34)38(35,36)21-7-2-1-3-8-21/h1-15H,16H2,(H,29,32)/b28-15-. The molecular weight excluding hydrogens is 555 g/mol. The normalized spacial score (nSPS) is 11.4. The number of nitro benzene ring substituents is 1. The number of hydrogen-bond donors (Lipinski definition) is 1. The van der Waals surface area contributed by atoms with Gasteiger partial charge in [0.1, 0.15) is 18.1 Å². The lowest BCUT2D eigenvalue weighted by molar-refractivity contribution is -0.384. The lowest BCUT2D eigenvalue weighted by Crippen LogP contribution is -2.39. The number of hydrazone groups is 1. The first-order valence-electron chi connectivity index (χ1n) is 10.8. The van der Waals surface area contributed by atoms with Gasteiger partial charge in [0.15, 0.2) is 0 Å². The number of nitrogens with zero attached hydrogens (tertiary/aromatic N) is 3. The second kappa shape index (κ2) is 11.5. The van der Waals surface area contributed by atoms with Crippen LogP contribution < -0.4 is 9.73 Å². The number of anilines is 1. The monoisotopic (exact) mass is 572 g/mol. The van der Waals surface area contributed by atoms with Gasteiger partial charge in [0.2, 0.25) is 0 Å². The van der Waals surface area contributed by atoms with Crippen LogP contribution in [-0.4, -0.2) is 32.0 Å². The predicted molar refractivity (Wildman–Crippen MR) is 144 cm³/mol. The van der Waals surface area contributed by atoms with Crippen molar-refractivity contribution in [1.29, 1.82) is 0 Å². The van der Waals surface area contributed by atoms with E-state index in [1.165, 1.54) is 48.7 Å². The Hall–Kier alpha value is -4.19. The van der Waals surface area contributed by atoms with Crippen molar-refractivity contribution in [3.05, 3.63) is 111 Å². The van der Waals surface area contributed by atoms with E-state index in [4.69, 9.17) is 27.6 Å². The van der Waals surface area contributed by atoms with Gasteiger partial charge in [-0.2, -0.15) is 5.10 Å². The van der Waals surface area contributed by atoms with Crippen molar-refractivity contribution in [3.8, 4) is 11.3 Å². The quantitative estimate of drug-likeness (QED) is 0.159. The highest BCUT2D eigenvalue weighted by Crippen LogP contribution is 2.31. The molecule has 0 fully saturated rings. The van der Waals surface area contributed by atoms with Crippen molar-refractivity contribution >= 4 is 56.7 Å². The molecule has 38 heavy (non-hydrogen) atoms. The zero-order chi connectivity index (χ0) is 27.3. The summed E-state index contributed by atoms with van der Waals surface area (Å²) in [6.45, 7) is -0.695. The second-order valence-electron chi connectivity index (χ2n) is 7.72. The largest absolute Gasteiger partial charge is 0.455 e. The minimum atomic E-state index is -4.25. The number of nitrogens with one attached hydrogen (secondary N) is 1. The van der Waals surface area contributed by atoms with Gasteiger partial charge in [0.25, 0.3) is 21.6 Å². The van der Waals surface area contributed by atoms with E-state index in [0.717, 1.165) is 10.4 Å². The Kier molecular flexibility index (Phi) is 8.10. The summed E-state index contributed by atoms with van der Waals surface area (Å²) < 4.78 is 33.1. The molecule has 13 heteroatoms. The maximum atomic E-state index is 13.3. The third kappa shape index (κ3) is 6.20. The Morgan fingerprint density at radius 3 is 2.50 bits per heavy atom. The summed E-state index contributed by atoms with van der Waals surface area (Å²) in [5.41, 5.74) is 2.47. The van der Waals surface area contributed by atoms with Crippen LogP contribution in [-0.2, 0) is 14.8 Å². The maximum absolute atomic E-state index is 13.3. The number of rotatable bonds is 9. The van der Waals surface area contributed by atoms with E-state index < -0.39 is 27.4 Å². The summed E-state index contributed by atoms with van der Waals surface area (Å²) >= 11 is 12.1. The third-order valence-electron chi connectivity index (χ3n) is 5.15. The topological polar surface area (TPSA) is 135 Å². The molecule has 1 N–H and O–H groups in total. The molecule has 0 spiro atoms. The summed E-state index contributed by atoms with van der Waals surface area (Å²) in [7, 11) is -4.25. The molecule has 0 aliphatic rings. The van der Waals surface area contributed by atoms with Gasteiger partial charge in [-0.1, -0.05) is 47.5 Å². The number of halogens is 2. The van der Waals surface area contributed by atoms with Crippen LogP contribution in [0.15, 0.2) is 99.3 Å². The fraction of sp³-hybridized carbons (Fsp3) is 0.0400. The number of hydrogen-bond acceptors (Lipinski definition) is 7. The second-order valence-corrected chi connectivity index (χ2v) is 10.4. The summed E-state index contributed by atoms with van der Waals surface area (Å²) in [4.78, 5) is 23.2. The Balaban J connectivity index is 1.53. The number of amides is 1. The van der Waals surface area contributed by atoms with Crippen molar-refractivity contribution < 1.29 is 22.6 Å². The third-order valence-corrected chi connectivity index (χ3v) is 7.49. The fourth-order valence-corrected chi connectivity index (χ4v) is 5.32. The first-order valence-corrected chi connectivity index (χ1v) is 13.0. The Bertz CT molecular complexity index is 1620. The van der Waals surface area contributed by atoms with Gasteiger partial charge in [-0.05, 0) is 48.5 Å². The molecule has 10 nitrogen and oxygen atoms in total. The molecule has 3 aromatic carbocycles. The zero-order valence-corrected chi connectivity index (χ0v) is 21.7. The van der Waals surface area contributed by atoms with Crippen LogP contribution in [0.5, 0.6) is 0 Å². The average molecular weight is 573 g/mol. The van der Waals surface area contributed by atoms with E-state index in [-0.39, 0.29) is 16.3 Å². The number of carbonyl (C=O) groups excluding carboxylic acids is 1. The first-order chi connectivity index (χ1) is 18.1. The average Bonchev–Trinajstić information content (AvgIpc) is 3.36. The highest BCUT2D eigenvalue weighted by molar-refractivity contribution is 7.92. The Morgan fingerprint density at radius 1 is 1.03 bits per heavy atom. The number of carbonyl (C=O) groups is 1. The molecule has 0 saturated heterocycles. The van der Waals surface area contributed by atoms with Crippen molar-refractivity contribution in [3.63, 3.8) is 0 Å².